The number of benzene rings is 2. The van der Waals surface area contributed by atoms with Crippen LogP contribution in [-0.4, -0.2) is 8.42 Å². The Bertz CT molecular complexity index is 622. The zero-order chi connectivity index (χ0) is 11.1. The Morgan fingerprint density at radius 3 is 2.53 bits per heavy atom. The van der Waals surface area contributed by atoms with E-state index in [-0.39, 0.29) is 4.90 Å². The van der Waals surface area contributed by atoms with Crippen molar-refractivity contribution < 1.29 is 12.3 Å². The maximum Gasteiger partial charge on any atom is 0.332 e. The van der Waals surface area contributed by atoms with Gasteiger partial charge in [0.15, 0.2) is 0 Å². The molecule has 0 heterocycles. The van der Waals surface area contributed by atoms with E-state index in [2.05, 4.69) is 0 Å². The van der Waals surface area contributed by atoms with E-state index in [1.54, 1.807) is 18.2 Å². The molecule has 0 atom stereocenters. The summed E-state index contributed by atoms with van der Waals surface area (Å²) in [6, 6.07) is 9.10. The second kappa shape index (κ2) is 3.47. The Morgan fingerprint density at radius 2 is 1.87 bits per heavy atom. The lowest BCUT2D eigenvalue weighted by molar-refractivity contribution is 0.553. The molecule has 2 aromatic carbocycles. The molecular formula is C10H6ClFO2S. The minimum Gasteiger partial charge on any atom is -0.189 e. The highest BCUT2D eigenvalue weighted by molar-refractivity contribution is 7.86. The summed E-state index contributed by atoms with van der Waals surface area (Å²) in [5, 5.41) is 1.31. The molecular weight excluding hydrogens is 239 g/mol. The minimum absolute atomic E-state index is 0.299. The van der Waals surface area contributed by atoms with Gasteiger partial charge in [0.25, 0.3) is 0 Å². The molecule has 0 radical (unpaired) electrons. The lowest BCUT2D eigenvalue weighted by Gasteiger charge is -2.02. The summed E-state index contributed by atoms with van der Waals surface area (Å²) in [6.45, 7) is 0. The average molecular weight is 245 g/mol. The SMILES string of the molecule is O=S(=O)(F)c1cccc2ccc(Cl)cc12. The van der Waals surface area contributed by atoms with E-state index >= 15 is 0 Å². The molecule has 0 saturated carbocycles. The van der Waals surface area contributed by atoms with Gasteiger partial charge in [0.05, 0.1) is 0 Å². The first-order chi connectivity index (χ1) is 6.98. The van der Waals surface area contributed by atoms with Crippen LogP contribution in [0, 0.1) is 0 Å². The van der Waals surface area contributed by atoms with Gasteiger partial charge in [-0.3, -0.25) is 0 Å². The molecule has 2 aromatic rings. The Kier molecular flexibility index (Phi) is 2.40. The molecule has 2 rings (SSSR count). The predicted octanol–water partition coefficient (Wildman–Crippen LogP) is 3.15. The van der Waals surface area contributed by atoms with E-state index < -0.39 is 10.2 Å². The van der Waals surface area contributed by atoms with Crippen LogP contribution in [0.3, 0.4) is 0 Å². The fourth-order valence-corrected chi connectivity index (χ4v) is 2.28. The largest absolute Gasteiger partial charge is 0.332 e. The second-order valence-electron chi connectivity index (χ2n) is 3.06. The van der Waals surface area contributed by atoms with Gasteiger partial charge in [0.2, 0.25) is 0 Å². The molecule has 0 unspecified atom stereocenters. The smallest absolute Gasteiger partial charge is 0.189 e. The molecule has 0 saturated heterocycles. The van der Waals surface area contributed by atoms with Gasteiger partial charge in [-0.2, -0.15) is 8.42 Å². The first-order valence-electron chi connectivity index (χ1n) is 4.11. The standard InChI is InChI=1S/C10H6ClFO2S/c11-8-5-4-7-2-1-3-10(9(7)6-8)15(12,13)14/h1-6H. The second-order valence-corrected chi connectivity index (χ2v) is 4.81. The zero-order valence-corrected chi connectivity index (χ0v) is 9.02. The van der Waals surface area contributed by atoms with Crippen LogP contribution in [-0.2, 0) is 10.2 Å². The molecule has 2 nitrogen and oxygen atoms in total. The molecule has 78 valence electrons. The molecule has 5 heteroatoms. The summed E-state index contributed by atoms with van der Waals surface area (Å²) >= 11 is 5.72. The van der Waals surface area contributed by atoms with Gasteiger partial charge in [0.1, 0.15) is 4.90 Å². The third-order valence-electron chi connectivity index (χ3n) is 2.07. The van der Waals surface area contributed by atoms with Crippen molar-refractivity contribution >= 4 is 32.6 Å². The number of rotatable bonds is 1. The van der Waals surface area contributed by atoms with Crippen molar-refractivity contribution in [3.63, 3.8) is 0 Å². The lowest BCUT2D eigenvalue weighted by atomic mass is 10.1. The first-order valence-corrected chi connectivity index (χ1v) is 5.87. The normalized spacial score (nSPS) is 11.9. The van der Waals surface area contributed by atoms with Crippen LogP contribution in [0.1, 0.15) is 0 Å². The van der Waals surface area contributed by atoms with E-state index in [0.29, 0.717) is 15.8 Å². The maximum atomic E-state index is 12.9. The van der Waals surface area contributed by atoms with Crippen LogP contribution in [0.4, 0.5) is 3.89 Å². The quantitative estimate of drug-likeness (QED) is 0.722. The molecule has 0 bridgehead atoms. The molecule has 0 aliphatic rings. The predicted molar refractivity (Wildman–Crippen MR) is 57.3 cm³/mol. The zero-order valence-electron chi connectivity index (χ0n) is 7.44. The van der Waals surface area contributed by atoms with Crippen LogP contribution in [0.25, 0.3) is 10.8 Å². The van der Waals surface area contributed by atoms with E-state index in [1.165, 1.54) is 18.2 Å². The summed E-state index contributed by atoms with van der Waals surface area (Å²) in [5.41, 5.74) is 0. The maximum absolute atomic E-state index is 12.9. The van der Waals surface area contributed by atoms with Crippen LogP contribution >= 0.6 is 11.6 Å². The summed E-state index contributed by atoms with van der Waals surface area (Å²) < 4.78 is 34.6. The molecule has 15 heavy (non-hydrogen) atoms. The first kappa shape index (κ1) is 10.4. The Labute approximate surface area is 91.5 Å². The van der Waals surface area contributed by atoms with Crippen LogP contribution in [0.15, 0.2) is 41.3 Å². The highest BCUT2D eigenvalue weighted by atomic mass is 35.5. The van der Waals surface area contributed by atoms with Gasteiger partial charge >= 0.3 is 10.2 Å². The third-order valence-corrected chi connectivity index (χ3v) is 3.18. The van der Waals surface area contributed by atoms with E-state index in [0.717, 1.165) is 0 Å². The van der Waals surface area contributed by atoms with Crippen molar-refractivity contribution in [1.29, 1.82) is 0 Å². The van der Waals surface area contributed by atoms with Gasteiger partial charge in [-0.05, 0) is 23.6 Å². The highest BCUT2D eigenvalue weighted by Crippen LogP contribution is 2.26. The summed E-state index contributed by atoms with van der Waals surface area (Å²) in [5.74, 6) is 0. The van der Waals surface area contributed by atoms with Gasteiger partial charge in [-0.15, -0.1) is 3.89 Å². The van der Waals surface area contributed by atoms with Gasteiger partial charge < -0.3 is 0 Å². The minimum atomic E-state index is -4.70. The van der Waals surface area contributed by atoms with Crippen molar-refractivity contribution in [1.82, 2.24) is 0 Å². The van der Waals surface area contributed by atoms with Crippen LogP contribution in [0.2, 0.25) is 5.02 Å². The van der Waals surface area contributed by atoms with Crippen LogP contribution < -0.4 is 0 Å². The van der Waals surface area contributed by atoms with Gasteiger partial charge in [-0.1, -0.05) is 29.8 Å². The molecule has 0 aliphatic heterocycles. The Morgan fingerprint density at radius 1 is 1.13 bits per heavy atom. The van der Waals surface area contributed by atoms with Crippen molar-refractivity contribution in [2.45, 2.75) is 4.90 Å². The summed E-state index contributed by atoms with van der Waals surface area (Å²) in [6.07, 6.45) is 0. The molecule has 0 aliphatic carbocycles. The van der Waals surface area contributed by atoms with Crippen molar-refractivity contribution in [3.8, 4) is 0 Å². The Balaban J connectivity index is 2.92. The fraction of sp³-hybridized carbons (Fsp3) is 0. The van der Waals surface area contributed by atoms with E-state index in [4.69, 9.17) is 11.6 Å². The van der Waals surface area contributed by atoms with Crippen molar-refractivity contribution in [3.05, 3.63) is 41.4 Å². The highest BCUT2D eigenvalue weighted by Gasteiger charge is 2.15. The lowest BCUT2D eigenvalue weighted by Crippen LogP contribution is -1.92. The molecule has 0 fully saturated rings. The van der Waals surface area contributed by atoms with Crippen molar-refractivity contribution in [2.75, 3.05) is 0 Å². The van der Waals surface area contributed by atoms with E-state index in [9.17, 15) is 12.3 Å². The van der Waals surface area contributed by atoms with Crippen LogP contribution in [0.5, 0.6) is 0 Å². The molecule has 0 N–H and O–H groups in total. The summed E-state index contributed by atoms with van der Waals surface area (Å²) in [4.78, 5) is -0.345. The Hall–Kier alpha value is -1.13. The fourth-order valence-electron chi connectivity index (χ4n) is 1.43. The molecule has 0 aromatic heterocycles. The van der Waals surface area contributed by atoms with Gasteiger partial charge in [-0.25, -0.2) is 0 Å². The molecule has 0 amide bonds. The number of fused-ring (bicyclic) bond motifs is 1. The number of halogens is 2. The monoisotopic (exact) mass is 244 g/mol. The number of hydrogen-bond donors (Lipinski definition) is 0. The van der Waals surface area contributed by atoms with E-state index in [1.807, 2.05) is 0 Å². The van der Waals surface area contributed by atoms with Crippen molar-refractivity contribution in [2.24, 2.45) is 0 Å². The average Bonchev–Trinajstić information content (AvgIpc) is 2.15. The topological polar surface area (TPSA) is 34.1 Å². The summed E-state index contributed by atoms with van der Waals surface area (Å²) in [7, 11) is -4.70. The van der Waals surface area contributed by atoms with Gasteiger partial charge in [0, 0.05) is 10.4 Å². The third kappa shape index (κ3) is 1.96. The molecule has 0 spiro atoms. The number of hydrogen-bond acceptors (Lipinski definition) is 2.